The maximum absolute atomic E-state index is 9.74. The molecule has 0 atom stereocenters. The summed E-state index contributed by atoms with van der Waals surface area (Å²) in [5.41, 5.74) is 2.00. The lowest BCUT2D eigenvalue weighted by Gasteiger charge is -2.13. The molecule has 0 fully saturated rings. The largest absolute Gasteiger partial charge is 0.506 e. The summed E-state index contributed by atoms with van der Waals surface area (Å²) in [5, 5.41) is 9.74. The summed E-state index contributed by atoms with van der Waals surface area (Å²) in [5.74, 6) is 0.740. The zero-order chi connectivity index (χ0) is 10.7. The van der Waals surface area contributed by atoms with Crippen molar-refractivity contribution in [2.75, 3.05) is 14.2 Å². The van der Waals surface area contributed by atoms with E-state index < -0.39 is 0 Å². The average Bonchev–Trinajstić information content (AvgIpc) is 2.14. The molecule has 78 valence electrons. The van der Waals surface area contributed by atoms with Crippen LogP contribution in [0.2, 0.25) is 0 Å². The average molecular weight is 197 g/mol. The minimum atomic E-state index is 0.148. The summed E-state index contributed by atoms with van der Waals surface area (Å²) in [7, 11) is 3.13. The number of methoxy groups -OCH3 is 2. The Labute approximate surface area is 83.5 Å². The Kier molecular flexibility index (Phi) is 3.30. The molecule has 1 rings (SSSR count). The number of ether oxygens (including phenoxy) is 2. The highest BCUT2D eigenvalue weighted by Gasteiger charge is 2.15. The third-order valence-corrected chi connectivity index (χ3v) is 2.06. The molecule has 0 unspecified atom stereocenters. The Morgan fingerprint density at radius 1 is 1.21 bits per heavy atom. The molecule has 4 heteroatoms. The van der Waals surface area contributed by atoms with Gasteiger partial charge in [-0.2, -0.15) is 0 Å². The second-order valence-corrected chi connectivity index (χ2v) is 3.08. The summed E-state index contributed by atoms with van der Waals surface area (Å²) >= 11 is 0. The Bertz CT molecular complexity index is 337. The molecule has 1 aromatic heterocycles. The first-order valence-corrected chi connectivity index (χ1v) is 4.33. The van der Waals surface area contributed by atoms with Crippen LogP contribution in [0.3, 0.4) is 0 Å². The van der Waals surface area contributed by atoms with E-state index in [-0.39, 0.29) is 5.75 Å². The molecule has 0 aliphatic rings. The van der Waals surface area contributed by atoms with Gasteiger partial charge in [-0.05, 0) is 13.8 Å². The van der Waals surface area contributed by atoms with Crippen molar-refractivity contribution >= 4 is 0 Å². The van der Waals surface area contributed by atoms with Gasteiger partial charge in [0.05, 0.1) is 30.7 Å². The number of aromatic hydroxyl groups is 1. The predicted octanol–water partition coefficient (Wildman–Crippen LogP) is 1.56. The maximum atomic E-state index is 9.74. The predicted molar refractivity (Wildman–Crippen MR) is 52.6 cm³/mol. The molecule has 0 aliphatic heterocycles. The molecule has 0 amide bonds. The van der Waals surface area contributed by atoms with Crippen LogP contribution in [-0.4, -0.2) is 24.3 Å². The van der Waals surface area contributed by atoms with Gasteiger partial charge in [0.15, 0.2) is 0 Å². The Morgan fingerprint density at radius 3 is 2.36 bits per heavy atom. The van der Waals surface area contributed by atoms with Crippen molar-refractivity contribution in [3.05, 3.63) is 17.0 Å². The quantitative estimate of drug-likeness (QED) is 0.798. The molecular weight excluding hydrogens is 182 g/mol. The van der Waals surface area contributed by atoms with Gasteiger partial charge in [0.2, 0.25) is 0 Å². The molecule has 14 heavy (non-hydrogen) atoms. The summed E-state index contributed by atoms with van der Waals surface area (Å²) in [4.78, 5) is 4.16. The standard InChI is InChI=1S/C10H15NO3/c1-6-9(12)8(5-13-3)10(14-4)7(2)11-6/h12H,5H2,1-4H3. The smallest absolute Gasteiger partial charge is 0.149 e. The van der Waals surface area contributed by atoms with Crippen LogP contribution in [0.25, 0.3) is 0 Å². The highest BCUT2D eigenvalue weighted by molar-refractivity contribution is 5.48. The molecule has 1 heterocycles. The van der Waals surface area contributed by atoms with Crippen molar-refractivity contribution in [2.24, 2.45) is 0 Å². The van der Waals surface area contributed by atoms with Gasteiger partial charge >= 0.3 is 0 Å². The van der Waals surface area contributed by atoms with Crippen LogP contribution in [0.5, 0.6) is 11.5 Å². The fourth-order valence-corrected chi connectivity index (χ4v) is 1.45. The van der Waals surface area contributed by atoms with Crippen molar-refractivity contribution in [3.8, 4) is 11.5 Å². The highest BCUT2D eigenvalue weighted by Crippen LogP contribution is 2.32. The van der Waals surface area contributed by atoms with E-state index in [2.05, 4.69) is 4.98 Å². The summed E-state index contributed by atoms with van der Waals surface area (Å²) < 4.78 is 10.2. The topological polar surface area (TPSA) is 51.6 Å². The molecule has 0 aromatic carbocycles. The van der Waals surface area contributed by atoms with Gasteiger partial charge in [0.1, 0.15) is 11.5 Å². The molecule has 0 saturated carbocycles. The van der Waals surface area contributed by atoms with Gasteiger partial charge in [-0.1, -0.05) is 0 Å². The molecule has 0 bridgehead atoms. The zero-order valence-electron chi connectivity index (χ0n) is 8.92. The van der Waals surface area contributed by atoms with Gasteiger partial charge in [0, 0.05) is 7.11 Å². The van der Waals surface area contributed by atoms with Crippen LogP contribution in [0.1, 0.15) is 17.0 Å². The Balaban J connectivity index is 3.32. The van der Waals surface area contributed by atoms with E-state index in [9.17, 15) is 5.11 Å². The van der Waals surface area contributed by atoms with Crippen LogP contribution in [-0.2, 0) is 11.3 Å². The van der Waals surface area contributed by atoms with Gasteiger partial charge < -0.3 is 14.6 Å². The fourth-order valence-electron chi connectivity index (χ4n) is 1.45. The first-order valence-electron chi connectivity index (χ1n) is 4.33. The zero-order valence-corrected chi connectivity index (χ0v) is 8.92. The number of hydrogen-bond donors (Lipinski definition) is 1. The molecule has 1 N–H and O–H groups in total. The van der Waals surface area contributed by atoms with Crippen LogP contribution in [0.15, 0.2) is 0 Å². The van der Waals surface area contributed by atoms with Crippen molar-refractivity contribution in [1.82, 2.24) is 4.98 Å². The summed E-state index contributed by atoms with van der Waals surface area (Å²) in [6, 6.07) is 0. The third kappa shape index (κ3) is 1.80. The summed E-state index contributed by atoms with van der Waals surface area (Å²) in [6.45, 7) is 3.91. The minimum absolute atomic E-state index is 0.148. The second-order valence-electron chi connectivity index (χ2n) is 3.08. The summed E-state index contributed by atoms with van der Waals surface area (Å²) in [6.07, 6.45) is 0. The van der Waals surface area contributed by atoms with E-state index in [1.165, 1.54) is 0 Å². The number of rotatable bonds is 3. The van der Waals surface area contributed by atoms with Crippen LogP contribution >= 0.6 is 0 Å². The van der Waals surface area contributed by atoms with Gasteiger partial charge in [-0.15, -0.1) is 0 Å². The normalized spacial score (nSPS) is 10.3. The number of aromatic nitrogens is 1. The monoisotopic (exact) mass is 197 g/mol. The molecule has 0 spiro atoms. The van der Waals surface area contributed by atoms with E-state index >= 15 is 0 Å². The molecule has 0 radical (unpaired) electrons. The molecule has 1 aromatic rings. The van der Waals surface area contributed by atoms with Gasteiger partial charge in [-0.25, -0.2) is 0 Å². The Hall–Kier alpha value is -1.29. The Morgan fingerprint density at radius 2 is 1.86 bits per heavy atom. The number of pyridine rings is 1. The molecular formula is C10H15NO3. The molecule has 0 aliphatic carbocycles. The van der Waals surface area contributed by atoms with Crippen molar-refractivity contribution < 1.29 is 14.6 Å². The molecule has 4 nitrogen and oxygen atoms in total. The third-order valence-electron chi connectivity index (χ3n) is 2.06. The van der Waals surface area contributed by atoms with Gasteiger partial charge in [0.25, 0.3) is 0 Å². The van der Waals surface area contributed by atoms with Crippen LogP contribution < -0.4 is 4.74 Å². The highest BCUT2D eigenvalue weighted by atomic mass is 16.5. The molecule has 0 saturated heterocycles. The lowest BCUT2D eigenvalue weighted by molar-refractivity contribution is 0.178. The van der Waals surface area contributed by atoms with Gasteiger partial charge in [-0.3, -0.25) is 4.98 Å². The second kappa shape index (κ2) is 4.28. The number of hydrogen-bond acceptors (Lipinski definition) is 4. The van der Waals surface area contributed by atoms with E-state index in [0.29, 0.717) is 23.6 Å². The first kappa shape index (κ1) is 10.8. The lowest BCUT2D eigenvalue weighted by atomic mass is 10.1. The maximum Gasteiger partial charge on any atom is 0.149 e. The first-order chi connectivity index (χ1) is 6.61. The van der Waals surface area contributed by atoms with Crippen molar-refractivity contribution in [3.63, 3.8) is 0 Å². The van der Waals surface area contributed by atoms with Crippen molar-refractivity contribution in [1.29, 1.82) is 0 Å². The van der Waals surface area contributed by atoms with E-state index in [4.69, 9.17) is 9.47 Å². The number of aryl methyl sites for hydroxylation is 2. The van der Waals surface area contributed by atoms with Crippen LogP contribution in [0.4, 0.5) is 0 Å². The van der Waals surface area contributed by atoms with Crippen LogP contribution in [0, 0.1) is 13.8 Å². The van der Waals surface area contributed by atoms with E-state index in [1.54, 1.807) is 21.1 Å². The minimum Gasteiger partial charge on any atom is -0.506 e. The van der Waals surface area contributed by atoms with E-state index in [0.717, 1.165) is 5.69 Å². The van der Waals surface area contributed by atoms with Crippen molar-refractivity contribution in [2.45, 2.75) is 20.5 Å². The lowest BCUT2D eigenvalue weighted by Crippen LogP contribution is -2.01. The SMILES string of the molecule is COCc1c(O)c(C)nc(C)c1OC. The van der Waals surface area contributed by atoms with E-state index in [1.807, 2.05) is 6.92 Å². The number of nitrogens with zero attached hydrogens (tertiary/aromatic N) is 1. The fraction of sp³-hybridized carbons (Fsp3) is 0.500.